The zero-order valence-electron chi connectivity index (χ0n) is 12.2. The van der Waals surface area contributed by atoms with Gasteiger partial charge in [0, 0.05) is 29.5 Å². The highest BCUT2D eigenvalue weighted by Crippen LogP contribution is 2.30. The molecule has 0 saturated carbocycles. The first kappa shape index (κ1) is 14.4. The van der Waals surface area contributed by atoms with Crippen molar-refractivity contribution in [1.82, 2.24) is 0 Å². The van der Waals surface area contributed by atoms with Crippen LogP contribution in [0.3, 0.4) is 0 Å². The zero-order valence-corrected chi connectivity index (χ0v) is 12.2. The lowest BCUT2D eigenvalue weighted by Gasteiger charge is -2.31. The van der Waals surface area contributed by atoms with Crippen LogP contribution in [0.1, 0.15) is 26.3 Å². The molecule has 0 aliphatic heterocycles. The van der Waals surface area contributed by atoms with Crippen molar-refractivity contribution in [1.29, 1.82) is 5.26 Å². The molecule has 0 aromatic heterocycles. The van der Waals surface area contributed by atoms with Gasteiger partial charge in [0.1, 0.15) is 0 Å². The highest BCUT2D eigenvalue weighted by Gasteiger charge is 2.19. The highest BCUT2D eigenvalue weighted by molar-refractivity contribution is 5.97. The lowest BCUT2D eigenvalue weighted by Crippen LogP contribution is -2.38. The molecule has 2 rings (SSSR count). The van der Waals surface area contributed by atoms with Gasteiger partial charge in [-0.3, -0.25) is 0 Å². The number of hydrogen-bond acceptors (Lipinski definition) is 3. The standard InChI is InChI=1S/C17H20N2O/c1-4-19(12-17(2,3)20)16-10-9-13(11-18)14-7-5-6-8-15(14)16/h5-10,20H,4,12H2,1-3H3. The van der Waals surface area contributed by atoms with E-state index in [-0.39, 0.29) is 0 Å². The van der Waals surface area contributed by atoms with Gasteiger partial charge in [-0.25, -0.2) is 0 Å². The van der Waals surface area contributed by atoms with E-state index in [9.17, 15) is 10.4 Å². The number of nitriles is 1. The smallest absolute Gasteiger partial charge is 0.0998 e. The summed E-state index contributed by atoms with van der Waals surface area (Å²) in [5.41, 5.74) is 0.984. The van der Waals surface area contributed by atoms with E-state index < -0.39 is 5.60 Å². The fraction of sp³-hybridized carbons (Fsp3) is 0.353. The molecule has 0 saturated heterocycles. The van der Waals surface area contributed by atoms with Gasteiger partial charge in [-0.05, 0) is 32.9 Å². The number of fused-ring (bicyclic) bond motifs is 1. The van der Waals surface area contributed by atoms with Gasteiger partial charge in [0.25, 0.3) is 0 Å². The van der Waals surface area contributed by atoms with Gasteiger partial charge in [-0.15, -0.1) is 0 Å². The van der Waals surface area contributed by atoms with Crippen molar-refractivity contribution in [3.63, 3.8) is 0 Å². The molecule has 0 radical (unpaired) electrons. The first-order chi connectivity index (χ1) is 9.46. The number of hydrogen-bond donors (Lipinski definition) is 1. The summed E-state index contributed by atoms with van der Waals surface area (Å²) in [6.07, 6.45) is 0. The van der Waals surface area contributed by atoms with Crippen molar-refractivity contribution in [3.8, 4) is 6.07 Å². The van der Waals surface area contributed by atoms with Crippen LogP contribution < -0.4 is 4.90 Å². The van der Waals surface area contributed by atoms with E-state index in [4.69, 9.17) is 0 Å². The van der Waals surface area contributed by atoms with E-state index in [1.165, 1.54) is 0 Å². The molecule has 2 aromatic carbocycles. The summed E-state index contributed by atoms with van der Waals surface area (Å²) in [5, 5.41) is 21.3. The van der Waals surface area contributed by atoms with Gasteiger partial charge >= 0.3 is 0 Å². The van der Waals surface area contributed by atoms with Crippen molar-refractivity contribution >= 4 is 16.5 Å². The molecule has 20 heavy (non-hydrogen) atoms. The normalized spacial score (nSPS) is 11.3. The Balaban J connectivity index is 2.57. The molecular weight excluding hydrogens is 248 g/mol. The number of benzene rings is 2. The molecule has 0 spiro atoms. The Morgan fingerprint density at radius 3 is 2.35 bits per heavy atom. The molecular formula is C17H20N2O. The molecule has 0 atom stereocenters. The highest BCUT2D eigenvalue weighted by atomic mass is 16.3. The van der Waals surface area contributed by atoms with Gasteiger partial charge in [-0.2, -0.15) is 5.26 Å². The molecule has 104 valence electrons. The minimum absolute atomic E-state index is 0.555. The summed E-state index contributed by atoms with van der Waals surface area (Å²) < 4.78 is 0. The molecule has 0 heterocycles. The summed E-state index contributed by atoms with van der Waals surface area (Å²) >= 11 is 0. The predicted molar refractivity (Wildman–Crippen MR) is 82.8 cm³/mol. The van der Waals surface area contributed by atoms with E-state index in [1.54, 1.807) is 0 Å². The fourth-order valence-electron chi connectivity index (χ4n) is 2.49. The number of anilines is 1. The van der Waals surface area contributed by atoms with Crippen LogP contribution in [0.25, 0.3) is 10.8 Å². The Morgan fingerprint density at radius 1 is 1.15 bits per heavy atom. The summed E-state index contributed by atoms with van der Waals surface area (Å²) in [6.45, 7) is 7.04. The third-order valence-corrected chi connectivity index (χ3v) is 3.32. The second kappa shape index (κ2) is 5.52. The molecule has 3 heteroatoms. The van der Waals surface area contributed by atoms with Crippen LogP contribution in [0.2, 0.25) is 0 Å². The zero-order chi connectivity index (χ0) is 14.8. The monoisotopic (exact) mass is 268 g/mol. The maximum Gasteiger partial charge on any atom is 0.0998 e. The average molecular weight is 268 g/mol. The van der Waals surface area contributed by atoms with Gasteiger partial charge in [-0.1, -0.05) is 24.3 Å². The lowest BCUT2D eigenvalue weighted by molar-refractivity contribution is 0.0876. The molecule has 0 amide bonds. The predicted octanol–water partition coefficient (Wildman–Crippen LogP) is 3.31. The molecule has 1 N–H and O–H groups in total. The van der Waals surface area contributed by atoms with E-state index in [1.807, 2.05) is 50.2 Å². The first-order valence-electron chi connectivity index (χ1n) is 6.85. The maximum absolute atomic E-state index is 10.1. The SMILES string of the molecule is CCN(CC(C)(C)O)c1ccc(C#N)c2ccccc12. The number of rotatable bonds is 4. The summed E-state index contributed by atoms with van der Waals surface area (Å²) in [7, 11) is 0. The molecule has 0 aliphatic carbocycles. The van der Waals surface area contributed by atoms with E-state index >= 15 is 0 Å². The number of nitrogens with zero attached hydrogens (tertiary/aromatic N) is 2. The molecule has 0 fully saturated rings. The fourth-order valence-corrected chi connectivity index (χ4v) is 2.49. The van der Waals surface area contributed by atoms with Gasteiger partial charge < -0.3 is 10.0 Å². The molecule has 0 bridgehead atoms. The van der Waals surface area contributed by atoms with Gasteiger partial charge in [0.2, 0.25) is 0 Å². The van der Waals surface area contributed by atoms with E-state index in [0.29, 0.717) is 12.1 Å². The minimum Gasteiger partial charge on any atom is -0.389 e. The Labute approximate surface area is 120 Å². The van der Waals surface area contributed by atoms with Crippen LogP contribution in [-0.4, -0.2) is 23.8 Å². The van der Waals surface area contributed by atoms with E-state index in [0.717, 1.165) is 23.0 Å². The number of likely N-dealkylation sites (N-methyl/N-ethyl adjacent to an activating group) is 1. The summed E-state index contributed by atoms with van der Waals surface area (Å²) in [4.78, 5) is 2.14. The molecule has 3 nitrogen and oxygen atoms in total. The van der Waals surface area contributed by atoms with Crippen LogP contribution in [0, 0.1) is 11.3 Å². The Bertz CT molecular complexity index is 650. The third kappa shape index (κ3) is 2.92. The summed E-state index contributed by atoms with van der Waals surface area (Å²) in [6, 6.07) is 14.0. The van der Waals surface area contributed by atoms with Crippen molar-refractivity contribution in [2.45, 2.75) is 26.4 Å². The third-order valence-electron chi connectivity index (χ3n) is 3.32. The Kier molecular flexibility index (Phi) is 3.96. The maximum atomic E-state index is 10.1. The Hall–Kier alpha value is -2.05. The largest absolute Gasteiger partial charge is 0.389 e. The molecule has 0 unspecified atom stereocenters. The van der Waals surface area contributed by atoms with Crippen LogP contribution in [0.15, 0.2) is 36.4 Å². The second-order valence-corrected chi connectivity index (χ2v) is 5.62. The first-order valence-corrected chi connectivity index (χ1v) is 6.85. The van der Waals surface area contributed by atoms with Crippen molar-refractivity contribution in [3.05, 3.63) is 42.0 Å². The van der Waals surface area contributed by atoms with Crippen LogP contribution >= 0.6 is 0 Å². The van der Waals surface area contributed by atoms with Gasteiger partial charge in [0.15, 0.2) is 0 Å². The van der Waals surface area contributed by atoms with Crippen molar-refractivity contribution in [2.75, 3.05) is 18.0 Å². The number of aliphatic hydroxyl groups is 1. The average Bonchev–Trinajstić information content (AvgIpc) is 2.42. The summed E-state index contributed by atoms with van der Waals surface area (Å²) in [5.74, 6) is 0. The topological polar surface area (TPSA) is 47.3 Å². The van der Waals surface area contributed by atoms with Crippen molar-refractivity contribution < 1.29 is 5.11 Å². The van der Waals surface area contributed by atoms with Crippen LogP contribution in [-0.2, 0) is 0 Å². The van der Waals surface area contributed by atoms with Crippen LogP contribution in [0.4, 0.5) is 5.69 Å². The van der Waals surface area contributed by atoms with Crippen LogP contribution in [0.5, 0.6) is 0 Å². The van der Waals surface area contributed by atoms with Gasteiger partial charge in [0.05, 0.1) is 17.2 Å². The molecule has 2 aromatic rings. The quantitative estimate of drug-likeness (QED) is 0.925. The Morgan fingerprint density at radius 2 is 1.80 bits per heavy atom. The van der Waals surface area contributed by atoms with E-state index in [2.05, 4.69) is 17.9 Å². The minimum atomic E-state index is -0.759. The lowest BCUT2D eigenvalue weighted by atomic mass is 10.0. The second-order valence-electron chi connectivity index (χ2n) is 5.62. The van der Waals surface area contributed by atoms with Crippen molar-refractivity contribution in [2.24, 2.45) is 0 Å². The molecule has 0 aliphatic rings.